The molecule has 2 aliphatic rings. The summed E-state index contributed by atoms with van der Waals surface area (Å²) >= 11 is 6.12. The van der Waals surface area contributed by atoms with E-state index in [-0.39, 0.29) is 12.5 Å². The van der Waals surface area contributed by atoms with E-state index in [0.29, 0.717) is 5.92 Å². The molecule has 0 spiro atoms. The van der Waals surface area contributed by atoms with E-state index in [1.807, 2.05) is 24.3 Å². The standard InChI is InChI=1S/C21H25ClN2O/c22-17-12-10-16(11-13-17)21(18(14-25)15-6-2-1-3-7-15)23-19-8-4-5-9-20(19)24-21/h4-5,8-13,15,18,23-25H,1-3,6-7,14H2. The molecule has 1 atom stereocenters. The maximum Gasteiger partial charge on any atom is 0.140 e. The summed E-state index contributed by atoms with van der Waals surface area (Å²) in [6.07, 6.45) is 6.18. The number of hydrogen-bond donors (Lipinski definition) is 3. The highest BCUT2D eigenvalue weighted by atomic mass is 35.5. The van der Waals surface area contributed by atoms with Gasteiger partial charge in [-0.15, -0.1) is 0 Å². The number of fused-ring (bicyclic) bond motifs is 1. The number of rotatable bonds is 4. The number of hydrogen-bond acceptors (Lipinski definition) is 3. The van der Waals surface area contributed by atoms with Crippen molar-refractivity contribution < 1.29 is 5.11 Å². The SMILES string of the molecule is OCC(C1CCCCC1)C1(c2ccc(Cl)cc2)Nc2ccccc2N1. The Bertz CT molecular complexity index is 700. The molecule has 1 unspecified atom stereocenters. The lowest BCUT2D eigenvalue weighted by molar-refractivity contribution is 0.100. The third kappa shape index (κ3) is 3.00. The average Bonchev–Trinajstić information content (AvgIpc) is 3.04. The summed E-state index contributed by atoms with van der Waals surface area (Å²) in [5.74, 6) is 0.602. The van der Waals surface area contributed by atoms with Gasteiger partial charge in [-0.1, -0.05) is 55.1 Å². The molecule has 0 saturated heterocycles. The summed E-state index contributed by atoms with van der Waals surface area (Å²) in [5, 5.41) is 18.6. The maximum absolute atomic E-state index is 10.4. The summed E-state index contributed by atoms with van der Waals surface area (Å²) in [4.78, 5) is 0. The highest BCUT2D eigenvalue weighted by Crippen LogP contribution is 2.48. The van der Waals surface area contributed by atoms with Gasteiger partial charge in [0.25, 0.3) is 0 Å². The molecule has 1 fully saturated rings. The molecule has 0 bridgehead atoms. The molecule has 1 saturated carbocycles. The number of aliphatic hydroxyl groups is 1. The second-order valence-electron chi connectivity index (χ2n) is 7.30. The van der Waals surface area contributed by atoms with Crippen LogP contribution in [0.1, 0.15) is 37.7 Å². The summed E-state index contributed by atoms with van der Waals surface area (Å²) in [6, 6.07) is 16.3. The Morgan fingerprint density at radius 3 is 2.12 bits per heavy atom. The summed E-state index contributed by atoms with van der Waals surface area (Å²) in [5.41, 5.74) is 2.81. The van der Waals surface area contributed by atoms with Crippen molar-refractivity contribution in [2.75, 3.05) is 17.2 Å². The van der Waals surface area contributed by atoms with Crippen LogP contribution in [0.4, 0.5) is 11.4 Å². The molecule has 2 aromatic carbocycles. The van der Waals surface area contributed by atoms with Crippen molar-refractivity contribution in [3.05, 3.63) is 59.1 Å². The fraction of sp³-hybridized carbons (Fsp3) is 0.429. The van der Waals surface area contributed by atoms with Crippen LogP contribution in [0.3, 0.4) is 0 Å². The number of halogens is 1. The van der Waals surface area contributed by atoms with Crippen LogP contribution < -0.4 is 10.6 Å². The van der Waals surface area contributed by atoms with Crippen LogP contribution >= 0.6 is 11.6 Å². The van der Waals surface area contributed by atoms with E-state index in [1.54, 1.807) is 0 Å². The zero-order valence-corrected chi connectivity index (χ0v) is 15.1. The van der Waals surface area contributed by atoms with Crippen molar-refractivity contribution in [2.45, 2.75) is 37.8 Å². The van der Waals surface area contributed by atoms with Gasteiger partial charge in [0.2, 0.25) is 0 Å². The van der Waals surface area contributed by atoms with Crippen molar-refractivity contribution in [3.8, 4) is 0 Å². The fourth-order valence-corrected chi connectivity index (χ4v) is 4.72. The van der Waals surface area contributed by atoms with Crippen molar-refractivity contribution in [1.29, 1.82) is 0 Å². The van der Waals surface area contributed by atoms with E-state index in [1.165, 1.54) is 32.1 Å². The predicted molar refractivity (Wildman–Crippen MR) is 104 cm³/mol. The Labute approximate surface area is 154 Å². The first-order valence-electron chi connectivity index (χ1n) is 9.25. The lowest BCUT2D eigenvalue weighted by atomic mass is 9.72. The molecule has 2 aromatic rings. The zero-order valence-electron chi connectivity index (χ0n) is 14.3. The van der Waals surface area contributed by atoms with E-state index >= 15 is 0 Å². The lowest BCUT2D eigenvalue weighted by Crippen LogP contribution is -2.50. The van der Waals surface area contributed by atoms with Crippen molar-refractivity contribution >= 4 is 23.0 Å². The summed E-state index contributed by atoms with van der Waals surface area (Å²) < 4.78 is 0. The van der Waals surface area contributed by atoms with Crippen LogP contribution in [0.15, 0.2) is 48.5 Å². The number of nitrogens with one attached hydrogen (secondary N) is 2. The van der Waals surface area contributed by atoms with Crippen LogP contribution in [-0.4, -0.2) is 11.7 Å². The molecular formula is C21H25ClN2O. The molecule has 4 heteroatoms. The third-order valence-corrected chi connectivity index (χ3v) is 6.11. The summed E-state index contributed by atoms with van der Waals surface area (Å²) in [7, 11) is 0. The van der Waals surface area contributed by atoms with Crippen LogP contribution in [0, 0.1) is 11.8 Å². The largest absolute Gasteiger partial charge is 0.396 e. The van der Waals surface area contributed by atoms with Crippen LogP contribution in [-0.2, 0) is 5.66 Å². The first kappa shape index (κ1) is 16.7. The van der Waals surface area contributed by atoms with Gasteiger partial charge >= 0.3 is 0 Å². The highest BCUT2D eigenvalue weighted by molar-refractivity contribution is 6.30. The van der Waals surface area contributed by atoms with E-state index in [9.17, 15) is 5.11 Å². The quantitative estimate of drug-likeness (QED) is 0.703. The second kappa shape index (κ2) is 6.89. The predicted octanol–water partition coefficient (Wildman–Crippen LogP) is 5.22. The molecule has 0 aromatic heterocycles. The highest BCUT2D eigenvalue weighted by Gasteiger charge is 2.47. The van der Waals surface area contributed by atoms with Gasteiger partial charge in [-0.25, -0.2) is 0 Å². The fourth-order valence-electron chi connectivity index (χ4n) is 4.59. The first-order valence-corrected chi connectivity index (χ1v) is 9.63. The molecule has 0 amide bonds. The lowest BCUT2D eigenvalue weighted by Gasteiger charge is -2.43. The normalized spacial score (nSPS) is 20.4. The van der Waals surface area contributed by atoms with Gasteiger partial charge in [0.1, 0.15) is 5.66 Å². The number of para-hydroxylation sites is 2. The maximum atomic E-state index is 10.4. The van der Waals surface area contributed by atoms with E-state index in [2.05, 4.69) is 34.9 Å². The van der Waals surface area contributed by atoms with Gasteiger partial charge in [0.05, 0.1) is 18.0 Å². The molecular weight excluding hydrogens is 332 g/mol. The number of anilines is 2. The van der Waals surface area contributed by atoms with Gasteiger partial charge in [-0.05, 0) is 48.6 Å². The summed E-state index contributed by atoms with van der Waals surface area (Å²) in [6.45, 7) is 0.154. The molecule has 3 N–H and O–H groups in total. The molecule has 0 radical (unpaired) electrons. The van der Waals surface area contributed by atoms with Crippen LogP contribution in [0.25, 0.3) is 0 Å². The van der Waals surface area contributed by atoms with Gasteiger partial charge in [0.15, 0.2) is 0 Å². The van der Waals surface area contributed by atoms with Crippen molar-refractivity contribution in [1.82, 2.24) is 0 Å². The third-order valence-electron chi connectivity index (χ3n) is 5.86. The van der Waals surface area contributed by atoms with Gasteiger partial charge in [0, 0.05) is 10.9 Å². The Hall–Kier alpha value is -1.71. The van der Waals surface area contributed by atoms with E-state index < -0.39 is 5.66 Å². The monoisotopic (exact) mass is 356 g/mol. The van der Waals surface area contributed by atoms with Gasteiger partial charge in [-0.2, -0.15) is 0 Å². The Morgan fingerprint density at radius 2 is 1.56 bits per heavy atom. The molecule has 1 aliphatic heterocycles. The van der Waals surface area contributed by atoms with Crippen LogP contribution in [0.2, 0.25) is 5.02 Å². The number of aliphatic hydroxyl groups excluding tert-OH is 1. The molecule has 3 nitrogen and oxygen atoms in total. The minimum atomic E-state index is -0.495. The molecule has 1 aliphatic carbocycles. The Balaban J connectivity index is 1.77. The zero-order chi connectivity index (χ0) is 17.3. The van der Waals surface area contributed by atoms with Gasteiger partial charge < -0.3 is 15.7 Å². The second-order valence-corrected chi connectivity index (χ2v) is 7.73. The smallest absolute Gasteiger partial charge is 0.140 e. The van der Waals surface area contributed by atoms with E-state index in [0.717, 1.165) is 22.0 Å². The minimum absolute atomic E-state index is 0.0985. The van der Waals surface area contributed by atoms with E-state index in [4.69, 9.17) is 11.6 Å². The Morgan fingerprint density at radius 1 is 0.960 bits per heavy atom. The van der Waals surface area contributed by atoms with Crippen molar-refractivity contribution in [3.63, 3.8) is 0 Å². The molecule has 25 heavy (non-hydrogen) atoms. The topological polar surface area (TPSA) is 44.3 Å². The molecule has 4 rings (SSSR count). The minimum Gasteiger partial charge on any atom is -0.396 e. The number of benzene rings is 2. The molecule has 132 valence electrons. The van der Waals surface area contributed by atoms with Crippen molar-refractivity contribution in [2.24, 2.45) is 11.8 Å². The average molecular weight is 357 g/mol. The van der Waals surface area contributed by atoms with Gasteiger partial charge in [-0.3, -0.25) is 0 Å². The first-order chi connectivity index (χ1) is 12.2. The van der Waals surface area contributed by atoms with Crippen LogP contribution in [0.5, 0.6) is 0 Å². The Kier molecular flexibility index (Phi) is 4.61. The molecule has 1 heterocycles.